The number of hydrogen-bond donors (Lipinski definition) is 1. The van der Waals surface area contributed by atoms with Gasteiger partial charge in [0.15, 0.2) is 0 Å². The van der Waals surface area contributed by atoms with Crippen LogP contribution in [0.15, 0.2) is 30.3 Å². The molecular weight excluding hydrogens is 158 g/mol. The van der Waals surface area contributed by atoms with Gasteiger partial charge in [-0.3, -0.25) is 0 Å². The molecule has 71 valence electrons. The molecule has 1 unspecified atom stereocenters. The molecule has 0 fully saturated rings. The Hall–Kier alpha value is -0.980. The Bertz CT molecular complexity index is 218. The summed E-state index contributed by atoms with van der Waals surface area (Å²) in [5.41, 5.74) is 1.21. The minimum absolute atomic E-state index is 0.713. The Morgan fingerprint density at radius 1 is 1.31 bits per heavy atom. The van der Waals surface area contributed by atoms with Crippen LogP contribution in [0.25, 0.3) is 0 Å². The van der Waals surface area contributed by atoms with Crippen molar-refractivity contribution >= 4 is 5.69 Å². The summed E-state index contributed by atoms with van der Waals surface area (Å²) in [5, 5.41) is 3.41. The topological polar surface area (TPSA) is 12.0 Å². The van der Waals surface area contributed by atoms with Crippen molar-refractivity contribution in [2.24, 2.45) is 5.92 Å². The Balaban J connectivity index is 2.27. The first-order valence-electron chi connectivity index (χ1n) is 4.89. The van der Waals surface area contributed by atoms with Gasteiger partial charge in [0.25, 0.3) is 0 Å². The van der Waals surface area contributed by atoms with Crippen LogP contribution >= 0.6 is 0 Å². The molecule has 1 aromatic rings. The van der Waals surface area contributed by atoms with Gasteiger partial charge in [-0.2, -0.15) is 0 Å². The summed E-state index contributed by atoms with van der Waals surface area (Å²) in [6.07, 6.45) is 3.40. The van der Waals surface area contributed by atoms with Crippen LogP contribution in [0.4, 0.5) is 5.69 Å². The molecule has 0 bridgehead atoms. The van der Waals surface area contributed by atoms with Crippen molar-refractivity contribution in [3.63, 3.8) is 0 Å². The molecule has 0 aromatic heterocycles. The van der Waals surface area contributed by atoms with Gasteiger partial charge in [0, 0.05) is 12.2 Å². The Morgan fingerprint density at radius 2 is 2.00 bits per heavy atom. The van der Waals surface area contributed by atoms with E-state index in [1.807, 2.05) is 6.07 Å². The normalized spacial score (nSPS) is 12.5. The zero-order valence-electron chi connectivity index (χ0n) is 8.46. The molecule has 1 aromatic carbocycles. The quantitative estimate of drug-likeness (QED) is 0.725. The number of para-hydroxylation sites is 1. The third-order valence-corrected chi connectivity index (χ3v) is 2.07. The molecule has 0 saturated heterocycles. The highest BCUT2D eigenvalue weighted by Crippen LogP contribution is 2.08. The molecule has 0 saturated carbocycles. The molecule has 1 atom stereocenters. The van der Waals surface area contributed by atoms with Gasteiger partial charge in [0.1, 0.15) is 0 Å². The fourth-order valence-electron chi connectivity index (χ4n) is 1.33. The maximum Gasteiger partial charge on any atom is 0.0340 e. The van der Waals surface area contributed by atoms with E-state index in [0.717, 1.165) is 6.54 Å². The Morgan fingerprint density at radius 3 is 2.62 bits per heavy atom. The minimum atomic E-state index is 0.713. The van der Waals surface area contributed by atoms with Gasteiger partial charge in [-0.15, -0.1) is 0 Å². The lowest BCUT2D eigenvalue weighted by molar-refractivity contribution is 0.605. The van der Waals surface area contributed by atoms with Crippen LogP contribution in [0.1, 0.15) is 20.3 Å². The van der Waals surface area contributed by atoms with E-state index in [1.165, 1.54) is 12.1 Å². The van der Waals surface area contributed by atoms with Crippen molar-refractivity contribution in [1.82, 2.24) is 0 Å². The largest absolute Gasteiger partial charge is 0.385 e. The molecule has 0 heterocycles. The van der Waals surface area contributed by atoms with Crippen LogP contribution in [-0.2, 0) is 0 Å². The van der Waals surface area contributed by atoms with Gasteiger partial charge < -0.3 is 5.32 Å². The van der Waals surface area contributed by atoms with Crippen LogP contribution in [-0.4, -0.2) is 6.54 Å². The highest BCUT2D eigenvalue weighted by molar-refractivity contribution is 5.42. The maximum absolute atomic E-state index is 3.41. The zero-order chi connectivity index (χ0) is 9.52. The molecule has 0 spiro atoms. The number of rotatable bonds is 5. The van der Waals surface area contributed by atoms with Crippen LogP contribution in [0.3, 0.4) is 0 Å². The Kier molecular flexibility index (Phi) is 4.37. The molecule has 0 aliphatic heterocycles. The molecule has 0 amide bonds. The highest BCUT2D eigenvalue weighted by Gasteiger charge is 1.99. The fraction of sp³-hybridized carbons (Fsp3) is 0.417. The van der Waals surface area contributed by atoms with Crippen molar-refractivity contribution in [3.8, 4) is 0 Å². The minimum Gasteiger partial charge on any atom is -0.385 e. The van der Waals surface area contributed by atoms with Gasteiger partial charge in [0.2, 0.25) is 0 Å². The summed E-state index contributed by atoms with van der Waals surface area (Å²) in [7, 11) is 0. The lowest BCUT2D eigenvalue weighted by atomic mass is 10.1. The van der Waals surface area contributed by atoms with E-state index in [2.05, 4.69) is 49.9 Å². The van der Waals surface area contributed by atoms with E-state index in [4.69, 9.17) is 0 Å². The van der Waals surface area contributed by atoms with Gasteiger partial charge in [0.05, 0.1) is 0 Å². The smallest absolute Gasteiger partial charge is 0.0340 e. The Labute approximate surface area is 81.2 Å². The molecule has 0 aliphatic carbocycles. The summed E-state index contributed by atoms with van der Waals surface area (Å²) >= 11 is 0. The standard InChI is InChI=1S/C12H18N/c1-3-7-11(2)10-13-12-8-5-4-6-9-12/h3-6,8-9,11,13H,7,10H2,1-2H3. The average Bonchev–Trinajstić information content (AvgIpc) is 2.17. The number of anilines is 1. The number of benzene rings is 1. The SMILES string of the molecule is C[CH]CC(C)CNc1ccccc1. The van der Waals surface area contributed by atoms with E-state index in [-0.39, 0.29) is 0 Å². The molecule has 1 rings (SSSR count). The lowest BCUT2D eigenvalue weighted by Gasteiger charge is -2.11. The van der Waals surface area contributed by atoms with Crippen molar-refractivity contribution < 1.29 is 0 Å². The van der Waals surface area contributed by atoms with Crippen molar-refractivity contribution in [3.05, 3.63) is 36.8 Å². The summed E-state index contributed by atoms with van der Waals surface area (Å²) in [4.78, 5) is 0. The van der Waals surface area contributed by atoms with Crippen LogP contribution in [0, 0.1) is 12.3 Å². The maximum atomic E-state index is 3.41. The number of hydrogen-bond acceptors (Lipinski definition) is 1. The molecule has 1 radical (unpaired) electrons. The zero-order valence-corrected chi connectivity index (χ0v) is 8.46. The third-order valence-electron chi connectivity index (χ3n) is 2.07. The summed E-state index contributed by atoms with van der Waals surface area (Å²) in [5.74, 6) is 0.713. The van der Waals surface area contributed by atoms with Crippen molar-refractivity contribution in [2.75, 3.05) is 11.9 Å². The molecule has 13 heavy (non-hydrogen) atoms. The van der Waals surface area contributed by atoms with Gasteiger partial charge in [-0.1, -0.05) is 32.0 Å². The van der Waals surface area contributed by atoms with Crippen LogP contribution in [0.2, 0.25) is 0 Å². The second kappa shape index (κ2) is 5.63. The van der Waals surface area contributed by atoms with E-state index in [9.17, 15) is 0 Å². The van der Waals surface area contributed by atoms with Crippen LogP contribution < -0.4 is 5.32 Å². The van der Waals surface area contributed by atoms with Crippen molar-refractivity contribution in [2.45, 2.75) is 20.3 Å². The molecule has 1 N–H and O–H groups in total. The second-order valence-electron chi connectivity index (χ2n) is 3.50. The van der Waals surface area contributed by atoms with E-state index < -0.39 is 0 Å². The fourth-order valence-corrected chi connectivity index (χ4v) is 1.33. The highest BCUT2D eigenvalue weighted by atomic mass is 14.9. The van der Waals surface area contributed by atoms with E-state index in [1.54, 1.807) is 0 Å². The van der Waals surface area contributed by atoms with Crippen LogP contribution in [0.5, 0.6) is 0 Å². The predicted octanol–water partition coefficient (Wildman–Crippen LogP) is 3.35. The third kappa shape index (κ3) is 3.97. The monoisotopic (exact) mass is 176 g/mol. The number of nitrogens with one attached hydrogen (secondary N) is 1. The molecule has 0 aliphatic rings. The summed E-state index contributed by atoms with van der Waals surface area (Å²) in [6.45, 7) is 5.42. The summed E-state index contributed by atoms with van der Waals surface area (Å²) < 4.78 is 0. The first kappa shape index (κ1) is 10.1. The van der Waals surface area contributed by atoms with E-state index in [0.29, 0.717) is 5.92 Å². The first-order chi connectivity index (χ1) is 6.33. The van der Waals surface area contributed by atoms with Gasteiger partial charge >= 0.3 is 0 Å². The predicted molar refractivity (Wildman–Crippen MR) is 58.7 cm³/mol. The summed E-state index contributed by atoms with van der Waals surface area (Å²) in [6, 6.07) is 10.3. The van der Waals surface area contributed by atoms with Crippen molar-refractivity contribution in [1.29, 1.82) is 0 Å². The first-order valence-corrected chi connectivity index (χ1v) is 4.89. The van der Waals surface area contributed by atoms with Gasteiger partial charge in [-0.05, 0) is 30.9 Å². The second-order valence-corrected chi connectivity index (χ2v) is 3.50. The lowest BCUT2D eigenvalue weighted by Crippen LogP contribution is -2.10. The van der Waals surface area contributed by atoms with E-state index >= 15 is 0 Å². The van der Waals surface area contributed by atoms with Gasteiger partial charge in [-0.25, -0.2) is 0 Å². The molecular formula is C12H18N. The molecule has 1 heteroatoms. The average molecular weight is 176 g/mol. The molecule has 1 nitrogen and oxygen atoms in total.